The van der Waals surface area contributed by atoms with E-state index in [4.69, 9.17) is 15.0 Å². The number of carbonyl (C=O) groups excluding carboxylic acids is 1. The first-order valence-corrected chi connectivity index (χ1v) is 13.9. The standard InChI is InChI=1S/C21H26F3N4O7PS/c1-12(17(30)33-3)27-37-36(32,35-13-7-5-4-6-8-13)21(23,24)11-14-16(29)20(2,22)18(34-14)28-10-9-15(25)26-19(28)31/h4-10,12,14,16,18,27,29H,11H2,1-3H3,(H2,25,26,31)/t12?,14-,16-,18-,20-,36?/m1/s1. The summed E-state index contributed by atoms with van der Waals surface area (Å²) >= 11 is -0.0144. The third-order valence-electron chi connectivity index (χ3n) is 5.54. The second-order valence-corrected chi connectivity index (χ2v) is 12.6. The highest BCUT2D eigenvalue weighted by atomic mass is 32.7. The third kappa shape index (κ3) is 6.12. The van der Waals surface area contributed by atoms with E-state index >= 15 is 13.2 Å². The van der Waals surface area contributed by atoms with Gasteiger partial charge in [-0.25, -0.2) is 13.9 Å². The number of hydrogen-bond acceptors (Lipinski definition) is 11. The minimum absolute atomic E-state index is 0.0144. The van der Waals surface area contributed by atoms with Crippen molar-refractivity contribution in [3.8, 4) is 5.75 Å². The normalized spacial score (nSPS) is 26.3. The largest absolute Gasteiger partial charge is 0.468 e. The van der Waals surface area contributed by atoms with E-state index < -0.39 is 60.5 Å². The molecule has 6 atom stereocenters. The number of aliphatic hydroxyl groups is 1. The van der Waals surface area contributed by atoms with Crippen molar-refractivity contribution >= 4 is 29.9 Å². The van der Waals surface area contributed by atoms with E-state index in [0.29, 0.717) is 4.57 Å². The highest BCUT2D eigenvalue weighted by molar-refractivity contribution is 8.56. The number of para-hydroxylation sites is 1. The van der Waals surface area contributed by atoms with E-state index in [1.165, 1.54) is 37.3 Å². The molecule has 4 N–H and O–H groups in total. The van der Waals surface area contributed by atoms with Crippen molar-refractivity contribution in [1.82, 2.24) is 14.3 Å². The lowest BCUT2D eigenvalue weighted by atomic mass is 9.97. The molecule has 37 heavy (non-hydrogen) atoms. The summed E-state index contributed by atoms with van der Waals surface area (Å²) < 4.78 is 78.5. The van der Waals surface area contributed by atoms with Crippen molar-refractivity contribution in [3.63, 3.8) is 0 Å². The average molecular weight is 566 g/mol. The number of anilines is 1. The van der Waals surface area contributed by atoms with E-state index in [9.17, 15) is 19.3 Å². The lowest BCUT2D eigenvalue weighted by Gasteiger charge is -2.29. The fraction of sp³-hybridized carbons (Fsp3) is 0.476. The van der Waals surface area contributed by atoms with Crippen molar-refractivity contribution in [3.05, 3.63) is 53.1 Å². The second-order valence-electron chi connectivity index (χ2n) is 8.39. The predicted octanol–water partition coefficient (Wildman–Crippen LogP) is 2.87. The summed E-state index contributed by atoms with van der Waals surface area (Å²) in [7, 11) is 1.09. The van der Waals surface area contributed by atoms with E-state index in [1.807, 2.05) is 0 Å². The number of rotatable bonds is 10. The summed E-state index contributed by atoms with van der Waals surface area (Å²) in [6.07, 6.45) is -6.29. The number of alkyl halides is 3. The number of nitrogens with one attached hydrogen (secondary N) is 1. The number of aliphatic hydroxyl groups excluding tert-OH is 1. The zero-order valence-corrected chi connectivity index (χ0v) is 21.6. The summed E-state index contributed by atoms with van der Waals surface area (Å²) in [5.41, 5.74) is -2.53. The number of ether oxygens (including phenoxy) is 2. The number of methoxy groups -OCH3 is 1. The minimum Gasteiger partial charge on any atom is -0.468 e. The lowest BCUT2D eigenvalue weighted by molar-refractivity contribution is -0.142. The number of benzene rings is 1. The van der Waals surface area contributed by atoms with Gasteiger partial charge in [-0.2, -0.15) is 13.8 Å². The number of halogens is 3. The van der Waals surface area contributed by atoms with Crippen molar-refractivity contribution in [2.45, 2.75) is 56.1 Å². The van der Waals surface area contributed by atoms with Gasteiger partial charge in [-0.05, 0) is 32.0 Å². The van der Waals surface area contributed by atoms with Gasteiger partial charge in [0.1, 0.15) is 23.7 Å². The van der Waals surface area contributed by atoms with Gasteiger partial charge >= 0.3 is 23.9 Å². The van der Waals surface area contributed by atoms with Gasteiger partial charge in [-0.1, -0.05) is 18.2 Å². The van der Waals surface area contributed by atoms with Gasteiger partial charge in [-0.15, -0.1) is 0 Å². The molecular weight excluding hydrogens is 540 g/mol. The van der Waals surface area contributed by atoms with Crippen LogP contribution in [0, 0.1) is 0 Å². The van der Waals surface area contributed by atoms with Crippen molar-refractivity contribution in [2.75, 3.05) is 12.8 Å². The first-order valence-electron chi connectivity index (χ1n) is 10.8. The Hall–Kier alpha value is -2.58. The number of hydrogen-bond donors (Lipinski definition) is 3. The van der Waals surface area contributed by atoms with Gasteiger partial charge in [0.05, 0.1) is 19.6 Å². The smallest absolute Gasteiger partial charge is 0.385 e. The summed E-state index contributed by atoms with van der Waals surface area (Å²) in [6, 6.07) is 7.13. The predicted molar refractivity (Wildman–Crippen MR) is 129 cm³/mol. The molecule has 2 aromatic rings. The van der Waals surface area contributed by atoms with E-state index in [-0.39, 0.29) is 23.1 Å². The fourth-order valence-electron chi connectivity index (χ4n) is 3.48. The molecule has 2 heterocycles. The van der Waals surface area contributed by atoms with Crippen LogP contribution in [0.25, 0.3) is 0 Å². The molecule has 1 aliphatic heterocycles. The molecule has 16 heteroatoms. The molecule has 1 aromatic heterocycles. The molecule has 1 aromatic carbocycles. The number of nitrogens with two attached hydrogens (primary N) is 1. The van der Waals surface area contributed by atoms with Gasteiger partial charge in [0, 0.05) is 17.8 Å². The molecule has 2 unspecified atom stereocenters. The molecule has 11 nitrogen and oxygen atoms in total. The summed E-state index contributed by atoms with van der Waals surface area (Å²) in [5, 5.41) is 10.5. The molecule has 0 aliphatic carbocycles. The molecule has 0 bridgehead atoms. The van der Waals surface area contributed by atoms with Gasteiger partial charge in [-0.3, -0.25) is 13.9 Å². The Balaban J connectivity index is 1.90. The Bertz CT molecular complexity index is 1220. The third-order valence-corrected chi connectivity index (χ3v) is 9.74. The summed E-state index contributed by atoms with van der Waals surface area (Å²) in [4.78, 5) is 27.3. The van der Waals surface area contributed by atoms with E-state index in [1.54, 1.807) is 6.07 Å². The monoisotopic (exact) mass is 566 g/mol. The van der Waals surface area contributed by atoms with Crippen LogP contribution in [0.1, 0.15) is 26.5 Å². The SMILES string of the molecule is COC(=O)C(C)NSP(=O)(Oc1ccccc1)C(F)(F)C[C@H]1O[C@@H](n2ccc(N)nc2=O)[C@](C)(F)[C@@H]1O. The van der Waals surface area contributed by atoms with Crippen LogP contribution in [0.2, 0.25) is 0 Å². The van der Waals surface area contributed by atoms with Crippen LogP contribution >= 0.6 is 18.1 Å². The Labute approximate surface area is 213 Å². The first kappa shape index (κ1) is 29.0. The molecule has 0 radical (unpaired) electrons. The fourth-order valence-corrected chi connectivity index (χ4v) is 6.87. The highest BCUT2D eigenvalue weighted by Crippen LogP contribution is 2.70. The molecule has 204 valence electrons. The molecular formula is C21H26F3N4O7PS. The Morgan fingerprint density at radius 1 is 1.41 bits per heavy atom. The topological polar surface area (TPSA) is 155 Å². The van der Waals surface area contributed by atoms with Crippen LogP contribution in [-0.2, 0) is 18.8 Å². The molecule has 0 saturated carbocycles. The Morgan fingerprint density at radius 2 is 2.05 bits per heavy atom. The van der Waals surface area contributed by atoms with Crippen LogP contribution in [-0.4, -0.2) is 57.3 Å². The Morgan fingerprint density at radius 3 is 2.65 bits per heavy atom. The maximum atomic E-state index is 15.7. The van der Waals surface area contributed by atoms with Gasteiger partial charge < -0.3 is 24.8 Å². The average Bonchev–Trinajstić information content (AvgIpc) is 3.05. The number of esters is 1. The molecule has 1 fully saturated rings. The zero-order valence-electron chi connectivity index (χ0n) is 19.9. The summed E-state index contributed by atoms with van der Waals surface area (Å²) in [5.74, 6) is -1.13. The summed E-state index contributed by atoms with van der Waals surface area (Å²) in [6.45, 7) is -2.95. The van der Waals surface area contributed by atoms with Gasteiger partial charge in [0.25, 0.3) is 0 Å². The van der Waals surface area contributed by atoms with Crippen LogP contribution in [0.4, 0.5) is 19.0 Å². The zero-order chi connectivity index (χ0) is 27.6. The van der Waals surface area contributed by atoms with Crippen LogP contribution < -0.4 is 20.7 Å². The van der Waals surface area contributed by atoms with Crippen molar-refractivity contribution < 1.29 is 41.6 Å². The maximum Gasteiger partial charge on any atom is 0.385 e. The molecule has 3 rings (SSSR count). The van der Waals surface area contributed by atoms with Gasteiger partial charge in [0.15, 0.2) is 11.9 Å². The van der Waals surface area contributed by atoms with Crippen molar-refractivity contribution in [2.24, 2.45) is 0 Å². The maximum absolute atomic E-state index is 15.7. The number of aromatic nitrogens is 2. The van der Waals surface area contributed by atoms with Crippen molar-refractivity contribution in [1.29, 1.82) is 0 Å². The van der Waals surface area contributed by atoms with Crippen LogP contribution in [0.5, 0.6) is 5.75 Å². The van der Waals surface area contributed by atoms with E-state index in [2.05, 4.69) is 14.4 Å². The number of nitrogens with zero attached hydrogens (tertiary/aromatic N) is 2. The number of carbonyl (C=O) groups is 1. The molecule has 1 aliphatic rings. The molecule has 1 saturated heterocycles. The second kappa shape index (κ2) is 11.0. The van der Waals surface area contributed by atoms with Crippen LogP contribution in [0.3, 0.4) is 0 Å². The quantitative estimate of drug-likeness (QED) is 0.221. The minimum atomic E-state index is -5.12. The number of nitrogen functional groups attached to an aromatic ring is 1. The lowest BCUT2D eigenvalue weighted by Crippen LogP contribution is -2.43. The van der Waals surface area contributed by atoms with Gasteiger partial charge in [0.2, 0.25) is 0 Å². The van der Waals surface area contributed by atoms with E-state index in [0.717, 1.165) is 20.2 Å². The highest BCUT2D eigenvalue weighted by Gasteiger charge is 2.62. The van der Waals surface area contributed by atoms with Crippen LogP contribution in [0.15, 0.2) is 47.4 Å². The first-order chi connectivity index (χ1) is 17.2. The molecule has 0 spiro atoms. The Kier molecular flexibility index (Phi) is 8.64. The molecule has 0 amide bonds.